The Kier molecular flexibility index (Phi) is 5.39. The molecule has 1 rings (SSSR count). The van der Waals surface area contributed by atoms with Gasteiger partial charge in [-0.3, -0.25) is 0 Å². The van der Waals surface area contributed by atoms with Crippen LogP contribution in [0.1, 0.15) is 11.1 Å². The minimum atomic E-state index is 0. The van der Waals surface area contributed by atoms with Crippen LogP contribution in [0, 0.1) is 23.2 Å². The largest absolute Gasteiger partial charge is 0.320 e. The van der Waals surface area contributed by atoms with E-state index in [-0.39, 0.29) is 12.4 Å². The molecule has 2 nitrogen and oxygen atoms in total. The Morgan fingerprint density at radius 1 is 1.15 bits per heavy atom. The van der Waals surface area contributed by atoms with Crippen LogP contribution in [0.2, 0.25) is 0 Å². The number of nitriles is 1. The maximum atomic E-state index is 8.50. The summed E-state index contributed by atoms with van der Waals surface area (Å²) in [6.45, 7) is 0.361. The number of halogens is 1. The number of hydrogen-bond acceptors (Lipinski definition) is 2. The van der Waals surface area contributed by atoms with Crippen molar-refractivity contribution in [3.63, 3.8) is 0 Å². The van der Waals surface area contributed by atoms with Gasteiger partial charge < -0.3 is 5.73 Å². The molecule has 0 bridgehead atoms. The van der Waals surface area contributed by atoms with Gasteiger partial charge in [0.1, 0.15) is 0 Å². The average Bonchev–Trinajstić information content (AvgIpc) is 2.15. The van der Waals surface area contributed by atoms with Gasteiger partial charge in [0, 0.05) is 5.56 Å². The van der Waals surface area contributed by atoms with Crippen LogP contribution in [0.3, 0.4) is 0 Å². The normalized spacial score (nSPS) is 7.38. The molecule has 0 aliphatic rings. The fourth-order valence-corrected chi connectivity index (χ4v) is 0.781. The molecule has 0 heterocycles. The van der Waals surface area contributed by atoms with E-state index in [1.807, 2.05) is 6.07 Å². The van der Waals surface area contributed by atoms with Gasteiger partial charge in [-0.05, 0) is 24.3 Å². The molecule has 0 saturated carbocycles. The standard InChI is InChI=1S/C10H8N2.ClH/c11-7-1-2-9-3-5-10(8-12)6-4-9;/h3-6H,7,11H2;1H. The molecule has 0 unspecified atom stereocenters. The first-order valence-electron chi connectivity index (χ1n) is 3.56. The molecule has 0 aliphatic carbocycles. The zero-order valence-corrected chi connectivity index (χ0v) is 7.77. The minimum Gasteiger partial charge on any atom is -0.320 e. The summed E-state index contributed by atoms with van der Waals surface area (Å²) in [7, 11) is 0. The number of benzene rings is 1. The van der Waals surface area contributed by atoms with Crippen LogP contribution in [0.25, 0.3) is 0 Å². The molecule has 0 atom stereocenters. The summed E-state index contributed by atoms with van der Waals surface area (Å²) in [4.78, 5) is 0. The van der Waals surface area contributed by atoms with E-state index in [1.165, 1.54) is 0 Å². The second kappa shape index (κ2) is 6.08. The maximum absolute atomic E-state index is 8.50. The van der Waals surface area contributed by atoms with E-state index in [1.54, 1.807) is 24.3 Å². The van der Waals surface area contributed by atoms with Crippen molar-refractivity contribution in [1.29, 1.82) is 5.26 Å². The second-order valence-electron chi connectivity index (χ2n) is 2.20. The van der Waals surface area contributed by atoms with Crippen LogP contribution in [0.15, 0.2) is 24.3 Å². The van der Waals surface area contributed by atoms with Crippen LogP contribution in [0.5, 0.6) is 0 Å². The summed E-state index contributed by atoms with van der Waals surface area (Å²) in [5, 5.41) is 8.50. The van der Waals surface area contributed by atoms with E-state index in [2.05, 4.69) is 11.8 Å². The SMILES string of the molecule is Cl.N#Cc1ccc(C#CCN)cc1. The van der Waals surface area contributed by atoms with Crippen molar-refractivity contribution in [3.8, 4) is 17.9 Å². The van der Waals surface area contributed by atoms with Crippen LogP contribution in [-0.2, 0) is 0 Å². The fourth-order valence-electron chi connectivity index (χ4n) is 0.781. The summed E-state index contributed by atoms with van der Waals surface area (Å²) in [6.07, 6.45) is 0. The molecule has 0 fully saturated rings. The molecule has 0 radical (unpaired) electrons. The van der Waals surface area contributed by atoms with Crippen LogP contribution in [-0.4, -0.2) is 6.54 Å². The lowest BCUT2D eigenvalue weighted by atomic mass is 10.1. The molecule has 0 aromatic heterocycles. The van der Waals surface area contributed by atoms with Crippen molar-refractivity contribution < 1.29 is 0 Å². The van der Waals surface area contributed by atoms with Gasteiger partial charge in [-0.15, -0.1) is 12.4 Å². The van der Waals surface area contributed by atoms with Crippen molar-refractivity contribution >= 4 is 12.4 Å². The predicted octanol–water partition coefficient (Wildman–Crippen LogP) is 1.29. The molecule has 0 aliphatic heterocycles. The topological polar surface area (TPSA) is 49.8 Å². The van der Waals surface area contributed by atoms with Gasteiger partial charge in [0.2, 0.25) is 0 Å². The van der Waals surface area contributed by atoms with Crippen molar-refractivity contribution in [2.75, 3.05) is 6.54 Å². The number of nitrogens with zero attached hydrogens (tertiary/aromatic N) is 1. The maximum Gasteiger partial charge on any atom is 0.0991 e. The third-order valence-electron chi connectivity index (χ3n) is 1.35. The van der Waals surface area contributed by atoms with Gasteiger partial charge in [-0.1, -0.05) is 11.8 Å². The Bertz CT molecular complexity index is 351. The molecule has 3 heteroatoms. The molecule has 1 aromatic rings. The van der Waals surface area contributed by atoms with Gasteiger partial charge in [0.25, 0.3) is 0 Å². The molecular formula is C10H9ClN2. The molecular weight excluding hydrogens is 184 g/mol. The first-order valence-corrected chi connectivity index (χ1v) is 3.56. The number of rotatable bonds is 0. The highest BCUT2D eigenvalue weighted by molar-refractivity contribution is 5.85. The molecule has 2 N–H and O–H groups in total. The predicted molar refractivity (Wildman–Crippen MR) is 54.3 cm³/mol. The van der Waals surface area contributed by atoms with Gasteiger partial charge in [0.05, 0.1) is 18.2 Å². The monoisotopic (exact) mass is 192 g/mol. The Morgan fingerprint density at radius 3 is 2.15 bits per heavy atom. The van der Waals surface area contributed by atoms with Crippen LogP contribution in [0.4, 0.5) is 0 Å². The summed E-state index contributed by atoms with van der Waals surface area (Å²) in [5.41, 5.74) is 6.74. The molecule has 1 aromatic carbocycles. The Hall–Kier alpha value is -1.48. The molecule has 66 valence electrons. The number of nitrogens with two attached hydrogens (primary N) is 1. The first kappa shape index (κ1) is 11.5. The lowest BCUT2D eigenvalue weighted by Gasteiger charge is -1.88. The lowest BCUT2D eigenvalue weighted by molar-refractivity contribution is 1.30. The quantitative estimate of drug-likeness (QED) is 0.630. The molecule has 13 heavy (non-hydrogen) atoms. The summed E-state index contributed by atoms with van der Waals surface area (Å²) in [5.74, 6) is 5.61. The summed E-state index contributed by atoms with van der Waals surface area (Å²) in [6, 6.07) is 9.12. The van der Waals surface area contributed by atoms with E-state index in [0.717, 1.165) is 5.56 Å². The Balaban J connectivity index is 0.00000144. The van der Waals surface area contributed by atoms with E-state index in [0.29, 0.717) is 12.1 Å². The van der Waals surface area contributed by atoms with Crippen molar-refractivity contribution in [1.82, 2.24) is 0 Å². The van der Waals surface area contributed by atoms with Gasteiger partial charge >= 0.3 is 0 Å². The van der Waals surface area contributed by atoms with Gasteiger partial charge in [-0.2, -0.15) is 5.26 Å². The average molecular weight is 193 g/mol. The summed E-state index contributed by atoms with van der Waals surface area (Å²) < 4.78 is 0. The highest BCUT2D eigenvalue weighted by atomic mass is 35.5. The lowest BCUT2D eigenvalue weighted by Crippen LogP contribution is -1.92. The van der Waals surface area contributed by atoms with Crippen LogP contribution >= 0.6 is 12.4 Å². The van der Waals surface area contributed by atoms with E-state index in [9.17, 15) is 0 Å². The highest BCUT2D eigenvalue weighted by Crippen LogP contribution is 2.00. The number of hydrogen-bond donors (Lipinski definition) is 1. The molecule has 0 amide bonds. The van der Waals surface area contributed by atoms with Crippen LogP contribution < -0.4 is 5.73 Å². The Labute approximate surface area is 83.8 Å². The van der Waals surface area contributed by atoms with Gasteiger partial charge in [0.15, 0.2) is 0 Å². The molecule has 0 saturated heterocycles. The van der Waals surface area contributed by atoms with E-state index >= 15 is 0 Å². The zero-order chi connectivity index (χ0) is 8.81. The summed E-state index contributed by atoms with van der Waals surface area (Å²) >= 11 is 0. The Morgan fingerprint density at radius 2 is 1.69 bits per heavy atom. The van der Waals surface area contributed by atoms with Crippen molar-refractivity contribution in [2.45, 2.75) is 0 Å². The zero-order valence-electron chi connectivity index (χ0n) is 6.95. The third-order valence-corrected chi connectivity index (χ3v) is 1.35. The minimum absolute atomic E-state index is 0. The van der Waals surface area contributed by atoms with E-state index < -0.39 is 0 Å². The van der Waals surface area contributed by atoms with E-state index in [4.69, 9.17) is 11.0 Å². The third kappa shape index (κ3) is 3.62. The van der Waals surface area contributed by atoms with Crippen molar-refractivity contribution in [3.05, 3.63) is 35.4 Å². The van der Waals surface area contributed by atoms with Gasteiger partial charge in [-0.25, -0.2) is 0 Å². The molecule has 0 spiro atoms. The smallest absolute Gasteiger partial charge is 0.0991 e. The highest BCUT2D eigenvalue weighted by Gasteiger charge is 1.87. The fraction of sp³-hybridized carbons (Fsp3) is 0.100. The second-order valence-corrected chi connectivity index (χ2v) is 2.20. The van der Waals surface area contributed by atoms with Crippen molar-refractivity contribution in [2.24, 2.45) is 5.73 Å². The first-order chi connectivity index (χ1) is 5.86.